The number of anilines is 1. The van der Waals surface area contributed by atoms with E-state index in [1.54, 1.807) is 0 Å². The van der Waals surface area contributed by atoms with E-state index in [1.807, 2.05) is 4.90 Å². The molecule has 7 heteroatoms. The van der Waals surface area contributed by atoms with Crippen molar-refractivity contribution in [2.24, 2.45) is 0 Å². The lowest BCUT2D eigenvalue weighted by Crippen LogP contribution is -2.35. The third-order valence-corrected chi connectivity index (χ3v) is 7.97. The van der Waals surface area contributed by atoms with E-state index < -0.39 is 0 Å². The van der Waals surface area contributed by atoms with Crippen molar-refractivity contribution in [2.75, 3.05) is 37.7 Å². The number of piperidine rings is 1. The molecule has 1 atom stereocenters. The van der Waals surface area contributed by atoms with Crippen LogP contribution in [0.1, 0.15) is 78.2 Å². The van der Waals surface area contributed by atoms with Crippen LogP contribution in [0.15, 0.2) is 22.5 Å². The number of hydrogen-bond donors (Lipinski definition) is 0. The van der Waals surface area contributed by atoms with Gasteiger partial charge in [-0.15, -0.1) is 0 Å². The van der Waals surface area contributed by atoms with Gasteiger partial charge in [0, 0.05) is 43.5 Å². The van der Waals surface area contributed by atoms with Gasteiger partial charge in [-0.05, 0) is 61.4 Å². The average molecular weight is 466 g/mol. The van der Waals surface area contributed by atoms with Crippen LogP contribution in [-0.4, -0.2) is 48.7 Å². The van der Waals surface area contributed by atoms with Gasteiger partial charge in [-0.3, -0.25) is 4.79 Å². The Kier molecular flexibility index (Phi) is 5.77. The second-order valence-corrected chi connectivity index (χ2v) is 10.3. The highest BCUT2D eigenvalue weighted by Crippen LogP contribution is 2.41. The third-order valence-electron chi connectivity index (χ3n) is 7.97. The van der Waals surface area contributed by atoms with Crippen molar-refractivity contribution < 1.29 is 18.4 Å². The van der Waals surface area contributed by atoms with Crippen LogP contribution in [0.4, 0.5) is 10.1 Å². The maximum Gasteiger partial charge on any atom is 0.227 e. The number of amides is 1. The van der Waals surface area contributed by atoms with Gasteiger partial charge >= 0.3 is 0 Å². The second kappa shape index (κ2) is 8.93. The molecule has 3 aliphatic heterocycles. The van der Waals surface area contributed by atoms with Gasteiger partial charge in [0.2, 0.25) is 5.91 Å². The summed E-state index contributed by atoms with van der Waals surface area (Å²) in [6.45, 7) is 7.17. The number of benzene rings is 1. The number of allylic oxidation sites excluding steroid dienone is 1. The lowest BCUT2D eigenvalue weighted by molar-refractivity contribution is -0.118. The predicted molar refractivity (Wildman–Crippen MR) is 128 cm³/mol. The summed E-state index contributed by atoms with van der Waals surface area (Å²) in [5.41, 5.74) is 7.16. The van der Waals surface area contributed by atoms with E-state index in [0.29, 0.717) is 37.7 Å². The maximum atomic E-state index is 13.7. The van der Waals surface area contributed by atoms with Crippen LogP contribution in [0.2, 0.25) is 0 Å². The number of nitrogens with zero attached hydrogens (tertiary/aromatic N) is 3. The summed E-state index contributed by atoms with van der Waals surface area (Å²) >= 11 is 0. The molecule has 6 rings (SSSR count). The summed E-state index contributed by atoms with van der Waals surface area (Å²) in [6.07, 6.45) is 6.46. The molecule has 180 valence electrons. The topological polar surface area (TPSA) is 58.8 Å². The van der Waals surface area contributed by atoms with Crippen LogP contribution in [0.3, 0.4) is 0 Å². The Balaban J connectivity index is 0.990. The van der Waals surface area contributed by atoms with Crippen LogP contribution in [0.25, 0.3) is 6.08 Å². The minimum atomic E-state index is -0.117. The Bertz CT molecular complexity index is 1130. The number of carbonyl (C=O) groups excluding carboxylic acids is 1. The number of rotatable bonds is 6. The van der Waals surface area contributed by atoms with Gasteiger partial charge in [0.25, 0.3) is 0 Å². The van der Waals surface area contributed by atoms with Crippen LogP contribution in [-0.2, 0) is 29.0 Å². The molecule has 1 saturated heterocycles. The van der Waals surface area contributed by atoms with Crippen LogP contribution >= 0.6 is 0 Å². The zero-order chi connectivity index (χ0) is 23.2. The second-order valence-electron chi connectivity index (χ2n) is 10.3. The highest BCUT2D eigenvalue weighted by Gasteiger charge is 2.33. The number of aromatic nitrogens is 1. The lowest BCUT2D eigenvalue weighted by atomic mass is 9.84. The molecule has 1 unspecified atom stereocenters. The van der Waals surface area contributed by atoms with E-state index in [1.165, 1.54) is 28.5 Å². The lowest BCUT2D eigenvalue weighted by Gasteiger charge is -2.31. The van der Waals surface area contributed by atoms with Crippen molar-refractivity contribution in [3.63, 3.8) is 0 Å². The van der Waals surface area contributed by atoms with E-state index in [2.05, 4.69) is 29.1 Å². The van der Waals surface area contributed by atoms with Gasteiger partial charge in [-0.1, -0.05) is 24.2 Å². The molecule has 1 fully saturated rings. The summed E-state index contributed by atoms with van der Waals surface area (Å²) in [5, 5.41) is 4.34. The quantitative estimate of drug-likeness (QED) is 0.578. The Morgan fingerprint density at radius 2 is 1.94 bits per heavy atom. The standard InChI is InChI=1S/C27H32FN3O3/c1-17-12-22(28)15-23-25(17)26(29-34-23)19-4-7-30(8-5-19)10-11-33-16-18-13-20-2-3-24(32)31-9-6-21(14-18)27(20)31/h13-15,17,19H,2-12,16H2,1H3. The first-order valence-corrected chi connectivity index (χ1v) is 12.7. The normalized spacial score (nSPS) is 22.6. The molecule has 0 radical (unpaired) electrons. The van der Waals surface area contributed by atoms with Crippen molar-refractivity contribution >= 4 is 17.7 Å². The zero-order valence-corrected chi connectivity index (χ0v) is 19.8. The monoisotopic (exact) mass is 465 g/mol. The molecule has 0 saturated carbocycles. The number of hydrogen-bond acceptors (Lipinski definition) is 5. The molecule has 1 amide bonds. The Morgan fingerprint density at radius 3 is 2.76 bits per heavy atom. The number of fused-ring (bicyclic) bond motifs is 1. The summed E-state index contributed by atoms with van der Waals surface area (Å²) in [6, 6.07) is 4.46. The molecular formula is C27H32FN3O3. The Labute approximate surface area is 199 Å². The summed E-state index contributed by atoms with van der Waals surface area (Å²) in [4.78, 5) is 16.5. The predicted octanol–water partition coefficient (Wildman–Crippen LogP) is 4.72. The van der Waals surface area contributed by atoms with Gasteiger partial charge in [0.1, 0.15) is 5.83 Å². The fraction of sp³-hybridized carbons (Fsp3) is 0.556. The molecule has 4 heterocycles. The van der Waals surface area contributed by atoms with E-state index in [4.69, 9.17) is 9.26 Å². The van der Waals surface area contributed by atoms with Crippen molar-refractivity contribution in [2.45, 2.75) is 63.9 Å². The molecule has 0 bridgehead atoms. The average Bonchev–Trinajstić information content (AvgIpc) is 3.45. The number of carbonyl (C=O) groups is 1. The van der Waals surface area contributed by atoms with Crippen molar-refractivity contribution in [3.05, 3.63) is 51.7 Å². The maximum absolute atomic E-state index is 13.7. The van der Waals surface area contributed by atoms with Crippen LogP contribution < -0.4 is 4.90 Å². The molecule has 6 nitrogen and oxygen atoms in total. The minimum Gasteiger partial charge on any atom is -0.375 e. The fourth-order valence-corrected chi connectivity index (χ4v) is 6.24. The first-order valence-electron chi connectivity index (χ1n) is 12.7. The van der Waals surface area contributed by atoms with Crippen molar-refractivity contribution in [1.82, 2.24) is 10.1 Å². The molecule has 0 N–H and O–H groups in total. The first kappa shape index (κ1) is 22.0. The van der Waals surface area contributed by atoms with Gasteiger partial charge < -0.3 is 19.1 Å². The van der Waals surface area contributed by atoms with E-state index >= 15 is 0 Å². The van der Waals surface area contributed by atoms with E-state index in [0.717, 1.165) is 63.1 Å². The molecular weight excluding hydrogens is 433 g/mol. The third kappa shape index (κ3) is 3.99. The zero-order valence-electron chi connectivity index (χ0n) is 19.8. The van der Waals surface area contributed by atoms with Crippen LogP contribution in [0, 0.1) is 0 Å². The summed E-state index contributed by atoms with van der Waals surface area (Å²) in [7, 11) is 0. The van der Waals surface area contributed by atoms with Crippen molar-refractivity contribution in [3.8, 4) is 0 Å². The Morgan fingerprint density at radius 1 is 1.15 bits per heavy atom. The molecule has 4 aliphatic rings. The van der Waals surface area contributed by atoms with Gasteiger partial charge in [0.05, 0.1) is 24.6 Å². The summed E-state index contributed by atoms with van der Waals surface area (Å²) in [5.74, 6) is 1.28. The molecule has 0 spiro atoms. The number of ether oxygens (including phenoxy) is 1. The molecule has 34 heavy (non-hydrogen) atoms. The highest BCUT2D eigenvalue weighted by atomic mass is 19.1. The molecule has 1 aromatic heterocycles. The largest absolute Gasteiger partial charge is 0.375 e. The fourth-order valence-electron chi connectivity index (χ4n) is 6.24. The van der Waals surface area contributed by atoms with Crippen LogP contribution in [0.5, 0.6) is 0 Å². The van der Waals surface area contributed by atoms with Gasteiger partial charge in [-0.25, -0.2) is 4.39 Å². The molecule has 1 aliphatic carbocycles. The van der Waals surface area contributed by atoms with E-state index in [9.17, 15) is 9.18 Å². The smallest absolute Gasteiger partial charge is 0.227 e. The van der Waals surface area contributed by atoms with Crippen molar-refractivity contribution in [1.29, 1.82) is 0 Å². The number of aryl methyl sites for hydroxylation is 1. The number of halogens is 1. The number of likely N-dealkylation sites (tertiary alicyclic amines) is 1. The SMILES string of the molecule is CC1CC(F)=Cc2onc(C3CCN(CCOCc4cc5c6c(c4)CCN6C(=O)CC5)CC3)c21. The van der Waals surface area contributed by atoms with Gasteiger partial charge in [0.15, 0.2) is 5.76 Å². The minimum absolute atomic E-state index is 0.117. The van der Waals surface area contributed by atoms with Gasteiger partial charge in [-0.2, -0.15) is 0 Å². The molecule has 1 aromatic carbocycles. The first-order chi connectivity index (χ1) is 16.6. The highest BCUT2D eigenvalue weighted by molar-refractivity contribution is 5.98. The Hall–Kier alpha value is -2.51. The summed E-state index contributed by atoms with van der Waals surface area (Å²) < 4.78 is 25.3. The molecule has 2 aromatic rings. The van der Waals surface area contributed by atoms with E-state index in [-0.39, 0.29) is 17.7 Å².